The van der Waals surface area contributed by atoms with Gasteiger partial charge in [-0.15, -0.1) is 0 Å². The van der Waals surface area contributed by atoms with E-state index in [4.69, 9.17) is 10.8 Å². The summed E-state index contributed by atoms with van der Waals surface area (Å²) >= 11 is 0. The molecule has 0 aliphatic carbocycles. The molecule has 1 atom stereocenters. The van der Waals surface area contributed by atoms with Gasteiger partial charge in [0.05, 0.1) is 10.6 Å². The number of anilines is 1. The maximum absolute atomic E-state index is 13.1. The standard InChI is InChI=1S/C18H20N4O4S/c1-21(2)16-7-3-6-14-13(16)5-4-8-17(14)27(25,26)22-10-12(20-11-22)9-15(19)18(23)24/h3-8,10-11,15H,9,19H2,1-2H3,(H,23,24). The van der Waals surface area contributed by atoms with Crippen molar-refractivity contribution in [3.8, 4) is 0 Å². The summed E-state index contributed by atoms with van der Waals surface area (Å²) in [4.78, 5) is 16.9. The number of benzene rings is 2. The van der Waals surface area contributed by atoms with Gasteiger partial charge in [0.15, 0.2) is 0 Å². The van der Waals surface area contributed by atoms with Gasteiger partial charge in [-0.05, 0) is 12.1 Å². The summed E-state index contributed by atoms with van der Waals surface area (Å²) in [6.45, 7) is 0. The average molecular weight is 388 g/mol. The zero-order valence-electron chi connectivity index (χ0n) is 14.9. The average Bonchev–Trinajstić information content (AvgIpc) is 3.09. The molecule has 3 rings (SSSR count). The van der Waals surface area contributed by atoms with Crippen molar-refractivity contribution >= 4 is 32.5 Å². The first kappa shape index (κ1) is 18.9. The predicted molar refractivity (Wildman–Crippen MR) is 102 cm³/mol. The highest BCUT2D eigenvalue weighted by atomic mass is 32.2. The number of aromatic nitrogens is 2. The van der Waals surface area contributed by atoms with Crippen LogP contribution in [0, 0.1) is 0 Å². The Bertz CT molecular complexity index is 1110. The van der Waals surface area contributed by atoms with Crippen LogP contribution in [0.2, 0.25) is 0 Å². The summed E-state index contributed by atoms with van der Waals surface area (Å²) in [5.41, 5.74) is 6.69. The summed E-state index contributed by atoms with van der Waals surface area (Å²) in [5.74, 6) is -1.17. The molecule has 1 unspecified atom stereocenters. The highest BCUT2D eigenvalue weighted by Gasteiger charge is 2.22. The summed E-state index contributed by atoms with van der Waals surface area (Å²) in [6.07, 6.45) is 2.40. The molecule has 0 amide bonds. The Hall–Kier alpha value is -2.91. The second-order valence-electron chi connectivity index (χ2n) is 6.37. The lowest BCUT2D eigenvalue weighted by molar-refractivity contribution is -0.138. The van der Waals surface area contributed by atoms with Crippen LogP contribution in [0.15, 0.2) is 53.8 Å². The van der Waals surface area contributed by atoms with Crippen molar-refractivity contribution in [1.82, 2.24) is 8.96 Å². The van der Waals surface area contributed by atoms with Gasteiger partial charge in [0.25, 0.3) is 10.0 Å². The van der Waals surface area contributed by atoms with Crippen molar-refractivity contribution in [1.29, 1.82) is 0 Å². The molecule has 0 saturated carbocycles. The first-order valence-electron chi connectivity index (χ1n) is 8.17. The molecule has 8 nitrogen and oxygen atoms in total. The number of hydrogen-bond donors (Lipinski definition) is 2. The van der Waals surface area contributed by atoms with Crippen molar-refractivity contribution in [2.75, 3.05) is 19.0 Å². The number of fused-ring (bicyclic) bond motifs is 1. The number of carbonyl (C=O) groups is 1. The van der Waals surface area contributed by atoms with Gasteiger partial charge < -0.3 is 15.7 Å². The van der Waals surface area contributed by atoms with Gasteiger partial charge in [0.1, 0.15) is 12.4 Å². The molecule has 3 N–H and O–H groups in total. The SMILES string of the molecule is CN(C)c1cccc2c(S(=O)(=O)n3cnc(CC(N)C(=O)O)c3)cccc12. The van der Waals surface area contributed by atoms with E-state index in [0.717, 1.165) is 21.4 Å². The van der Waals surface area contributed by atoms with Crippen molar-refractivity contribution in [2.45, 2.75) is 17.4 Å². The first-order valence-corrected chi connectivity index (χ1v) is 9.61. The fourth-order valence-corrected chi connectivity index (χ4v) is 4.25. The predicted octanol–water partition coefficient (Wildman–Crippen LogP) is 1.29. The van der Waals surface area contributed by atoms with Gasteiger partial charge >= 0.3 is 5.97 Å². The first-order chi connectivity index (χ1) is 12.7. The number of nitrogens with zero attached hydrogens (tertiary/aromatic N) is 3. The molecule has 3 aromatic rings. The molecular formula is C18H20N4O4S. The van der Waals surface area contributed by atoms with Crippen LogP contribution in [0.4, 0.5) is 5.69 Å². The molecule has 0 saturated heterocycles. The lowest BCUT2D eigenvalue weighted by Gasteiger charge is -2.17. The molecule has 0 aliphatic heterocycles. The smallest absolute Gasteiger partial charge is 0.320 e. The molecule has 1 heterocycles. The van der Waals surface area contributed by atoms with E-state index in [0.29, 0.717) is 11.1 Å². The van der Waals surface area contributed by atoms with Crippen LogP contribution in [0.5, 0.6) is 0 Å². The highest BCUT2D eigenvalue weighted by Crippen LogP contribution is 2.31. The highest BCUT2D eigenvalue weighted by molar-refractivity contribution is 7.90. The van der Waals surface area contributed by atoms with Crippen molar-refractivity contribution in [2.24, 2.45) is 5.73 Å². The van der Waals surface area contributed by atoms with E-state index < -0.39 is 22.0 Å². The van der Waals surface area contributed by atoms with Gasteiger partial charge in [-0.1, -0.05) is 24.3 Å². The topological polar surface area (TPSA) is 119 Å². The normalized spacial score (nSPS) is 12.9. The number of imidazole rings is 1. The molecule has 2 aromatic carbocycles. The van der Waals surface area contributed by atoms with Gasteiger partial charge in [-0.2, -0.15) is 0 Å². The minimum atomic E-state index is -3.90. The summed E-state index contributed by atoms with van der Waals surface area (Å²) < 4.78 is 27.2. The van der Waals surface area contributed by atoms with Crippen LogP contribution >= 0.6 is 0 Å². The molecule has 0 aliphatic rings. The monoisotopic (exact) mass is 388 g/mol. The molecule has 27 heavy (non-hydrogen) atoms. The number of hydrogen-bond acceptors (Lipinski definition) is 6. The molecule has 0 fully saturated rings. The number of rotatable bonds is 6. The summed E-state index contributed by atoms with van der Waals surface area (Å²) in [7, 11) is -0.111. The van der Waals surface area contributed by atoms with Gasteiger partial charge in [-0.3, -0.25) is 4.79 Å². The lowest BCUT2D eigenvalue weighted by atomic mass is 10.1. The fourth-order valence-electron chi connectivity index (χ4n) is 2.89. The largest absolute Gasteiger partial charge is 0.480 e. The quantitative estimate of drug-likeness (QED) is 0.653. The van der Waals surface area contributed by atoms with Crippen LogP contribution < -0.4 is 10.6 Å². The molecule has 0 spiro atoms. The Labute approximate surface area is 156 Å². The van der Waals surface area contributed by atoms with Gasteiger partial charge in [0, 0.05) is 43.2 Å². The van der Waals surface area contributed by atoms with Crippen LogP contribution in [-0.2, 0) is 21.2 Å². The van der Waals surface area contributed by atoms with E-state index in [1.807, 2.05) is 37.2 Å². The van der Waals surface area contributed by atoms with Gasteiger partial charge in [0.2, 0.25) is 0 Å². The lowest BCUT2D eigenvalue weighted by Crippen LogP contribution is -2.32. The Kier molecular flexibility index (Phi) is 4.90. The zero-order valence-corrected chi connectivity index (χ0v) is 15.7. The number of carboxylic acids is 1. The molecule has 0 bridgehead atoms. The van der Waals surface area contributed by atoms with E-state index >= 15 is 0 Å². The van der Waals surface area contributed by atoms with Crippen LogP contribution in [0.25, 0.3) is 10.8 Å². The van der Waals surface area contributed by atoms with Crippen LogP contribution in [0.3, 0.4) is 0 Å². The number of carboxylic acid groups (broad SMARTS) is 1. The van der Waals surface area contributed by atoms with Crippen LogP contribution in [0.1, 0.15) is 5.69 Å². The molecule has 0 radical (unpaired) electrons. The summed E-state index contributed by atoms with van der Waals surface area (Å²) in [5, 5.41) is 10.3. The van der Waals surface area contributed by atoms with E-state index in [-0.39, 0.29) is 11.3 Å². The Balaban J connectivity index is 2.07. The third kappa shape index (κ3) is 3.51. The van der Waals surface area contributed by atoms with Crippen LogP contribution in [-0.4, -0.2) is 48.6 Å². The van der Waals surface area contributed by atoms with E-state index in [2.05, 4.69) is 4.98 Å². The minimum absolute atomic E-state index is 0.0574. The van der Waals surface area contributed by atoms with E-state index in [1.54, 1.807) is 18.2 Å². The number of aliphatic carboxylic acids is 1. The maximum atomic E-state index is 13.1. The third-order valence-corrected chi connectivity index (χ3v) is 5.92. The molecule has 142 valence electrons. The van der Waals surface area contributed by atoms with Gasteiger partial charge in [-0.25, -0.2) is 17.4 Å². The summed E-state index contributed by atoms with van der Waals surface area (Å²) in [6, 6.07) is 9.45. The van der Waals surface area contributed by atoms with Crippen molar-refractivity contribution in [3.63, 3.8) is 0 Å². The van der Waals surface area contributed by atoms with E-state index in [1.165, 1.54) is 6.20 Å². The molecule has 1 aromatic heterocycles. The van der Waals surface area contributed by atoms with E-state index in [9.17, 15) is 13.2 Å². The third-order valence-electron chi connectivity index (χ3n) is 4.26. The Morgan fingerprint density at radius 1 is 1.22 bits per heavy atom. The fraction of sp³-hybridized carbons (Fsp3) is 0.222. The van der Waals surface area contributed by atoms with Crippen molar-refractivity contribution < 1.29 is 18.3 Å². The zero-order chi connectivity index (χ0) is 19.8. The number of nitrogens with two attached hydrogens (primary N) is 1. The molecular weight excluding hydrogens is 368 g/mol. The maximum Gasteiger partial charge on any atom is 0.320 e. The second kappa shape index (κ2) is 7.01. The van der Waals surface area contributed by atoms with Crippen molar-refractivity contribution in [3.05, 3.63) is 54.6 Å². The Morgan fingerprint density at radius 2 is 1.89 bits per heavy atom. The molecule has 9 heteroatoms. The Morgan fingerprint density at radius 3 is 2.56 bits per heavy atom. The second-order valence-corrected chi connectivity index (χ2v) is 8.18. The minimum Gasteiger partial charge on any atom is -0.480 e.